The van der Waals surface area contributed by atoms with Crippen molar-refractivity contribution in [1.29, 1.82) is 0 Å². The standard InChI is InChI=1S/C14H10BrCl2N3S/c1-20-14(18)11(7-3-2-4-8(15)5-7)12(19-20)9-6-10(16)21-13(9)17/h2-6H,18H2,1H3. The Bertz CT molecular complexity index is 826. The molecule has 0 aliphatic heterocycles. The molecule has 2 aromatic heterocycles. The van der Waals surface area contributed by atoms with E-state index in [-0.39, 0.29) is 0 Å². The smallest absolute Gasteiger partial charge is 0.129 e. The molecule has 0 fully saturated rings. The van der Waals surface area contributed by atoms with E-state index < -0.39 is 0 Å². The lowest BCUT2D eigenvalue weighted by Crippen LogP contribution is -1.97. The van der Waals surface area contributed by atoms with Crippen molar-refractivity contribution in [3.05, 3.63) is 43.5 Å². The molecule has 0 saturated heterocycles. The highest BCUT2D eigenvalue weighted by molar-refractivity contribution is 9.10. The van der Waals surface area contributed by atoms with E-state index in [1.54, 1.807) is 4.68 Å². The lowest BCUT2D eigenvalue weighted by atomic mass is 10.0. The van der Waals surface area contributed by atoms with E-state index in [0.717, 1.165) is 26.9 Å². The average molecular weight is 403 g/mol. The fourth-order valence-corrected chi connectivity index (χ4v) is 4.02. The molecule has 0 unspecified atom stereocenters. The van der Waals surface area contributed by atoms with Crippen LogP contribution in [-0.2, 0) is 7.05 Å². The van der Waals surface area contributed by atoms with Gasteiger partial charge in [0.2, 0.25) is 0 Å². The average Bonchev–Trinajstić information content (AvgIpc) is 2.90. The van der Waals surface area contributed by atoms with E-state index >= 15 is 0 Å². The molecule has 0 aliphatic rings. The zero-order valence-electron chi connectivity index (χ0n) is 10.9. The molecule has 108 valence electrons. The van der Waals surface area contributed by atoms with Gasteiger partial charge in [0.1, 0.15) is 15.8 Å². The first-order valence-corrected chi connectivity index (χ1v) is 8.37. The zero-order valence-corrected chi connectivity index (χ0v) is 14.8. The molecule has 3 aromatic rings. The van der Waals surface area contributed by atoms with Gasteiger partial charge in [0.15, 0.2) is 0 Å². The van der Waals surface area contributed by atoms with Gasteiger partial charge < -0.3 is 5.73 Å². The van der Waals surface area contributed by atoms with E-state index in [2.05, 4.69) is 21.0 Å². The lowest BCUT2D eigenvalue weighted by molar-refractivity contribution is 0.782. The van der Waals surface area contributed by atoms with E-state index in [9.17, 15) is 0 Å². The van der Waals surface area contributed by atoms with Crippen molar-refractivity contribution in [2.45, 2.75) is 0 Å². The predicted molar refractivity (Wildman–Crippen MR) is 94.1 cm³/mol. The third kappa shape index (κ3) is 2.71. The van der Waals surface area contributed by atoms with E-state index in [4.69, 9.17) is 28.9 Å². The molecule has 0 radical (unpaired) electrons. The third-order valence-corrected chi connectivity index (χ3v) is 5.10. The lowest BCUT2D eigenvalue weighted by Gasteiger charge is -2.04. The Labute approximate surface area is 144 Å². The van der Waals surface area contributed by atoms with Crippen molar-refractivity contribution in [2.75, 3.05) is 5.73 Å². The number of nitrogens with two attached hydrogens (primary N) is 1. The number of thiophene rings is 1. The molecule has 0 amide bonds. The molecule has 7 heteroatoms. The predicted octanol–water partition coefficient (Wildman–Crippen LogP) is 5.47. The second-order valence-corrected chi connectivity index (χ2v) is 7.68. The van der Waals surface area contributed by atoms with Crippen LogP contribution in [0.3, 0.4) is 0 Å². The van der Waals surface area contributed by atoms with Crippen LogP contribution in [0.1, 0.15) is 0 Å². The molecule has 3 rings (SSSR count). The van der Waals surface area contributed by atoms with Gasteiger partial charge >= 0.3 is 0 Å². The minimum Gasteiger partial charge on any atom is -0.383 e. The molecular weight excluding hydrogens is 393 g/mol. The van der Waals surface area contributed by atoms with Gasteiger partial charge in [0.05, 0.1) is 9.90 Å². The van der Waals surface area contributed by atoms with Crippen molar-refractivity contribution in [2.24, 2.45) is 7.05 Å². The summed E-state index contributed by atoms with van der Waals surface area (Å²) < 4.78 is 3.85. The molecule has 0 atom stereocenters. The van der Waals surface area contributed by atoms with Crippen LogP contribution in [0.2, 0.25) is 8.67 Å². The SMILES string of the molecule is Cn1nc(-c2cc(Cl)sc2Cl)c(-c2cccc(Br)c2)c1N. The van der Waals surface area contributed by atoms with Crippen LogP contribution in [0.5, 0.6) is 0 Å². The van der Waals surface area contributed by atoms with Crippen LogP contribution in [-0.4, -0.2) is 9.78 Å². The van der Waals surface area contributed by atoms with Gasteiger partial charge in [-0.05, 0) is 23.8 Å². The quantitative estimate of drug-likeness (QED) is 0.617. The fourth-order valence-electron chi connectivity index (χ4n) is 2.16. The maximum atomic E-state index is 6.27. The Morgan fingerprint density at radius 1 is 1.29 bits per heavy atom. The largest absolute Gasteiger partial charge is 0.383 e. The molecule has 1 aromatic carbocycles. The van der Waals surface area contributed by atoms with Crippen LogP contribution in [0.4, 0.5) is 5.82 Å². The number of hydrogen-bond donors (Lipinski definition) is 1. The number of benzene rings is 1. The molecule has 2 N–H and O–H groups in total. The molecule has 21 heavy (non-hydrogen) atoms. The van der Waals surface area contributed by atoms with Gasteiger partial charge in [0.25, 0.3) is 0 Å². The number of nitrogen functional groups attached to an aromatic ring is 1. The van der Waals surface area contributed by atoms with Crippen LogP contribution in [0, 0.1) is 0 Å². The van der Waals surface area contributed by atoms with Crippen molar-refractivity contribution in [3.63, 3.8) is 0 Å². The van der Waals surface area contributed by atoms with Gasteiger partial charge in [-0.25, -0.2) is 0 Å². The minimum atomic E-state index is 0.585. The second kappa shape index (κ2) is 5.65. The highest BCUT2D eigenvalue weighted by Crippen LogP contribution is 2.43. The Hall–Kier alpha value is -1.01. The molecular formula is C14H10BrCl2N3S. The Morgan fingerprint density at radius 2 is 2.05 bits per heavy atom. The number of hydrogen-bond acceptors (Lipinski definition) is 3. The number of halogens is 3. The topological polar surface area (TPSA) is 43.8 Å². The fraction of sp³-hybridized carbons (Fsp3) is 0.0714. The van der Waals surface area contributed by atoms with Gasteiger partial charge in [-0.15, -0.1) is 11.3 Å². The van der Waals surface area contributed by atoms with Gasteiger partial charge in [0, 0.05) is 17.1 Å². The summed E-state index contributed by atoms with van der Waals surface area (Å²) in [5.74, 6) is 0.585. The summed E-state index contributed by atoms with van der Waals surface area (Å²) in [6, 6.07) is 9.72. The second-order valence-electron chi connectivity index (χ2n) is 4.48. The molecule has 0 aliphatic carbocycles. The number of aryl methyl sites for hydroxylation is 1. The normalized spacial score (nSPS) is 11.0. The zero-order chi connectivity index (χ0) is 15.1. The molecule has 2 heterocycles. The third-order valence-electron chi connectivity index (χ3n) is 3.12. The first kappa shape index (κ1) is 14.9. The summed E-state index contributed by atoms with van der Waals surface area (Å²) in [7, 11) is 1.81. The van der Waals surface area contributed by atoms with Gasteiger partial charge in [-0.2, -0.15) is 5.10 Å². The van der Waals surface area contributed by atoms with Crippen molar-refractivity contribution in [1.82, 2.24) is 9.78 Å². The maximum absolute atomic E-state index is 6.27. The molecule has 0 spiro atoms. The van der Waals surface area contributed by atoms with Crippen molar-refractivity contribution in [3.8, 4) is 22.4 Å². The first-order valence-electron chi connectivity index (χ1n) is 6.01. The van der Waals surface area contributed by atoms with Crippen LogP contribution in [0.25, 0.3) is 22.4 Å². The van der Waals surface area contributed by atoms with E-state index in [1.165, 1.54) is 11.3 Å². The van der Waals surface area contributed by atoms with Crippen LogP contribution in [0.15, 0.2) is 34.8 Å². The van der Waals surface area contributed by atoms with E-state index in [1.807, 2.05) is 37.4 Å². The summed E-state index contributed by atoms with van der Waals surface area (Å²) in [4.78, 5) is 0. The summed E-state index contributed by atoms with van der Waals surface area (Å²) in [5, 5.41) is 4.50. The highest BCUT2D eigenvalue weighted by atomic mass is 79.9. The maximum Gasteiger partial charge on any atom is 0.129 e. The number of rotatable bonds is 2. The summed E-state index contributed by atoms with van der Waals surface area (Å²) in [6.45, 7) is 0. The molecule has 0 saturated carbocycles. The minimum absolute atomic E-state index is 0.585. The summed E-state index contributed by atoms with van der Waals surface area (Å²) in [5.41, 5.74) is 9.56. The van der Waals surface area contributed by atoms with Crippen molar-refractivity contribution >= 4 is 56.3 Å². The monoisotopic (exact) mass is 401 g/mol. The van der Waals surface area contributed by atoms with Crippen LogP contribution >= 0.6 is 50.5 Å². The summed E-state index contributed by atoms with van der Waals surface area (Å²) >= 11 is 17.1. The highest BCUT2D eigenvalue weighted by Gasteiger charge is 2.21. The summed E-state index contributed by atoms with van der Waals surface area (Å²) in [6.07, 6.45) is 0. The van der Waals surface area contributed by atoms with Gasteiger partial charge in [-0.1, -0.05) is 51.3 Å². The molecule has 3 nitrogen and oxygen atoms in total. The number of aromatic nitrogens is 2. The Morgan fingerprint density at radius 3 is 2.67 bits per heavy atom. The van der Waals surface area contributed by atoms with Crippen LogP contribution < -0.4 is 5.73 Å². The number of anilines is 1. The molecule has 0 bridgehead atoms. The Balaban J connectivity index is 2.28. The number of nitrogens with zero attached hydrogens (tertiary/aromatic N) is 2. The first-order chi connectivity index (χ1) is 9.97. The van der Waals surface area contributed by atoms with Gasteiger partial charge in [-0.3, -0.25) is 4.68 Å². The van der Waals surface area contributed by atoms with E-state index in [0.29, 0.717) is 14.5 Å². The Kier molecular flexibility index (Phi) is 4.01. The van der Waals surface area contributed by atoms with Crippen molar-refractivity contribution < 1.29 is 0 Å².